The minimum Gasteiger partial charge on any atom is -0.326 e. The van der Waals surface area contributed by atoms with Gasteiger partial charge in [0.05, 0.1) is 10.7 Å². The fourth-order valence-corrected chi connectivity index (χ4v) is 4.80. The molecule has 0 atom stereocenters. The highest BCUT2D eigenvalue weighted by Crippen LogP contribution is 2.28. The topological polar surface area (TPSA) is 108 Å². The molecule has 154 valence electrons. The Morgan fingerprint density at radius 2 is 1.90 bits per heavy atom. The Labute approximate surface area is 174 Å². The van der Waals surface area contributed by atoms with E-state index >= 15 is 0 Å². The van der Waals surface area contributed by atoms with Crippen LogP contribution in [0.1, 0.15) is 19.8 Å². The first kappa shape index (κ1) is 21.2. The number of pyridine rings is 1. The monoisotopic (exact) mass is 436 g/mol. The van der Waals surface area contributed by atoms with E-state index in [4.69, 9.17) is 11.6 Å². The first-order valence-corrected chi connectivity index (χ1v) is 10.9. The predicted molar refractivity (Wildman–Crippen MR) is 110 cm³/mol. The van der Waals surface area contributed by atoms with Crippen LogP contribution in [0.3, 0.4) is 0 Å². The van der Waals surface area contributed by atoms with E-state index in [2.05, 4.69) is 15.6 Å². The van der Waals surface area contributed by atoms with Gasteiger partial charge in [0.15, 0.2) is 0 Å². The molecule has 10 heteroatoms. The molecule has 0 bridgehead atoms. The zero-order valence-corrected chi connectivity index (χ0v) is 17.3. The van der Waals surface area contributed by atoms with Crippen molar-refractivity contribution in [2.75, 3.05) is 23.7 Å². The zero-order chi connectivity index (χ0) is 21.0. The molecule has 2 N–H and O–H groups in total. The number of rotatable bonds is 5. The van der Waals surface area contributed by atoms with Gasteiger partial charge in [-0.2, -0.15) is 4.31 Å². The largest absolute Gasteiger partial charge is 0.326 e. The van der Waals surface area contributed by atoms with Crippen molar-refractivity contribution < 1.29 is 18.0 Å². The molecule has 3 rings (SSSR count). The number of carbonyl (C=O) groups excluding carboxylic acids is 2. The van der Waals surface area contributed by atoms with Crippen LogP contribution in [0.15, 0.2) is 47.6 Å². The highest BCUT2D eigenvalue weighted by atomic mass is 35.5. The van der Waals surface area contributed by atoms with E-state index < -0.39 is 10.0 Å². The summed E-state index contributed by atoms with van der Waals surface area (Å²) in [6.07, 6.45) is 3.68. The third kappa shape index (κ3) is 5.11. The van der Waals surface area contributed by atoms with Crippen LogP contribution in [0, 0.1) is 5.92 Å². The fraction of sp³-hybridized carbons (Fsp3) is 0.316. The van der Waals surface area contributed by atoms with Crippen molar-refractivity contribution in [3.05, 3.63) is 47.7 Å². The predicted octanol–water partition coefficient (Wildman–Crippen LogP) is 2.73. The number of nitrogens with zero attached hydrogens (tertiary/aromatic N) is 2. The highest BCUT2D eigenvalue weighted by molar-refractivity contribution is 7.89. The normalized spacial score (nSPS) is 15.7. The molecule has 1 aromatic carbocycles. The van der Waals surface area contributed by atoms with Gasteiger partial charge in [0, 0.05) is 44.0 Å². The Morgan fingerprint density at radius 1 is 1.17 bits per heavy atom. The second-order valence-corrected chi connectivity index (χ2v) is 9.08. The van der Waals surface area contributed by atoms with Gasteiger partial charge in [0.25, 0.3) is 0 Å². The third-order valence-corrected chi connectivity index (χ3v) is 6.84. The third-order valence-electron chi connectivity index (χ3n) is 4.64. The van der Waals surface area contributed by atoms with Gasteiger partial charge in [-0.05, 0) is 43.2 Å². The highest BCUT2D eigenvalue weighted by Gasteiger charge is 2.32. The number of hydrogen-bond acceptors (Lipinski definition) is 5. The van der Waals surface area contributed by atoms with Crippen molar-refractivity contribution >= 4 is 44.8 Å². The molecule has 1 aromatic heterocycles. The van der Waals surface area contributed by atoms with E-state index in [1.165, 1.54) is 29.7 Å². The second kappa shape index (κ2) is 8.89. The van der Waals surface area contributed by atoms with Gasteiger partial charge in [-0.15, -0.1) is 0 Å². The maximum absolute atomic E-state index is 12.6. The summed E-state index contributed by atoms with van der Waals surface area (Å²) in [7, 11) is -3.60. The second-order valence-electron chi connectivity index (χ2n) is 6.73. The van der Waals surface area contributed by atoms with Gasteiger partial charge in [0.1, 0.15) is 4.90 Å². The van der Waals surface area contributed by atoms with E-state index in [0.717, 1.165) is 0 Å². The van der Waals surface area contributed by atoms with Gasteiger partial charge < -0.3 is 10.6 Å². The van der Waals surface area contributed by atoms with Gasteiger partial charge >= 0.3 is 0 Å². The van der Waals surface area contributed by atoms with Crippen molar-refractivity contribution in [2.24, 2.45) is 5.92 Å². The molecule has 1 aliphatic rings. The maximum atomic E-state index is 12.6. The molecule has 2 heterocycles. The van der Waals surface area contributed by atoms with Crippen molar-refractivity contribution in [2.45, 2.75) is 24.7 Å². The molecule has 0 spiro atoms. The Bertz CT molecular complexity index is 1010. The summed E-state index contributed by atoms with van der Waals surface area (Å²) in [5.74, 6) is -0.729. The first-order chi connectivity index (χ1) is 13.8. The molecule has 0 aliphatic carbocycles. The molecule has 29 heavy (non-hydrogen) atoms. The van der Waals surface area contributed by atoms with E-state index in [1.807, 2.05) is 0 Å². The van der Waals surface area contributed by atoms with Crippen LogP contribution >= 0.6 is 11.6 Å². The number of nitrogens with one attached hydrogen (secondary N) is 2. The SMILES string of the molecule is CC(=O)Nc1ccc(NC(=O)C2CCN(S(=O)(=O)c3cccnc3)CC2)cc1Cl. The van der Waals surface area contributed by atoms with Gasteiger partial charge in [-0.1, -0.05) is 11.6 Å². The quantitative estimate of drug-likeness (QED) is 0.749. The lowest BCUT2D eigenvalue weighted by molar-refractivity contribution is -0.121. The minimum atomic E-state index is -3.60. The van der Waals surface area contributed by atoms with Gasteiger partial charge in [0.2, 0.25) is 21.8 Å². The van der Waals surface area contributed by atoms with Gasteiger partial charge in [-0.3, -0.25) is 14.6 Å². The Morgan fingerprint density at radius 3 is 2.48 bits per heavy atom. The van der Waals surface area contributed by atoms with Crippen LogP contribution in [0.4, 0.5) is 11.4 Å². The smallest absolute Gasteiger partial charge is 0.244 e. The lowest BCUT2D eigenvalue weighted by atomic mass is 9.97. The van der Waals surface area contributed by atoms with Crippen LogP contribution in [-0.4, -0.2) is 42.6 Å². The average Bonchev–Trinajstić information content (AvgIpc) is 2.70. The molecule has 0 radical (unpaired) electrons. The molecule has 1 fully saturated rings. The molecule has 0 unspecified atom stereocenters. The molecular weight excluding hydrogens is 416 g/mol. The van der Waals surface area contributed by atoms with Crippen molar-refractivity contribution in [3.63, 3.8) is 0 Å². The number of piperidine rings is 1. The minimum absolute atomic E-state index is 0.150. The first-order valence-electron chi connectivity index (χ1n) is 9.05. The maximum Gasteiger partial charge on any atom is 0.244 e. The van der Waals surface area contributed by atoms with Crippen molar-refractivity contribution in [3.8, 4) is 0 Å². The van der Waals surface area contributed by atoms with E-state index in [1.54, 1.807) is 24.3 Å². The molecule has 2 aromatic rings. The summed E-state index contributed by atoms with van der Waals surface area (Å²) in [6.45, 7) is 1.90. The number of aromatic nitrogens is 1. The number of halogens is 1. The Kier molecular flexibility index (Phi) is 6.51. The van der Waals surface area contributed by atoms with E-state index in [-0.39, 0.29) is 35.7 Å². The van der Waals surface area contributed by atoms with E-state index in [0.29, 0.717) is 29.2 Å². The van der Waals surface area contributed by atoms with Crippen LogP contribution in [0.5, 0.6) is 0 Å². The number of anilines is 2. The van der Waals surface area contributed by atoms with Crippen molar-refractivity contribution in [1.82, 2.24) is 9.29 Å². The fourth-order valence-electron chi connectivity index (χ4n) is 3.14. The number of carbonyl (C=O) groups is 2. The summed E-state index contributed by atoms with van der Waals surface area (Å²) in [5.41, 5.74) is 0.977. The lowest BCUT2D eigenvalue weighted by Crippen LogP contribution is -2.41. The molecule has 0 saturated carbocycles. The van der Waals surface area contributed by atoms with Crippen LogP contribution in [0.25, 0.3) is 0 Å². The molecular formula is C19H21ClN4O4S. The van der Waals surface area contributed by atoms with Crippen LogP contribution < -0.4 is 10.6 Å². The number of amides is 2. The number of sulfonamides is 1. The molecule has 1 saturated heterocycles. The summed E-state index contributed by atoms with van der Waals surface area (Å²) in [6, 6.07) is 7.91. The summed E-state index contributed by atoms with van der Waals surface area (Å²) in [5, 5.41) is 5.72. The Hall–Kier alpha value is -2.49. The van der Waals surface area contributed by atoms with Crippen LogP contribution in [0.2, 0.25) is 5.02 Å². The summed E-state index contributed by atoms with van der Waals surface area (Å²) >= 11 is 6.13. The van der Waals surface area contributed by atoms with E-state index in [9.17, 15) is 18.0 Å². The molecule has 2 amide bonds. The summed E-state index contributed by atoms with van der Waals surface area (Å²) in [4.78, 5) is 27.7. The zero-order valence-electron chi connectivity index (χ0n) is 15.8. The van der Waals surface area contributed by atoms with Crippen molar-refractivity contribution in [1.29, 1.82) is 0 Å². The standard InChI is InChI=1S/C19H21ClN4O4S/c1-13(25)22-18-5-4-15(11-17(18)20)23-19(26)14-6-9-24(10-7-14)29(27,28)16-3-2-8-21-12-16/h2-5,8,11-12,14H,6-7,9-10H2,1H3,(H,22,25)(H,23,26). The summed E-state index contributed by atoms with van der Waals surface area (Å²) < 4.78 is 26.7. The van der Waals surface area contributed by atoms with Gasteiger partial charge in [-0.25, -0.2) is 8.42 Å². The number of hydrogen-bond donors (Lipinski definition) is 2. The molecule has 1 aliphatic heterocycles. The number of benzene rings is 1. The lowest BCUT2D eigenvalue weighted by Gasteiger charge is -2.30. The molecule has 8 nitrogen and oxygen atoms in total. The Balaban J connectivity index is 1.59. The average molecular weight is 437 g/mol. The van der Waals surface area contributed by atoms with Crippen LogP contribution in [-0.2, 0) is 19.6 Å².